The van der Waals surface area contributed by atoms with Crippen LogP contribution in [0, 0.1) is 6.92 Å². The van der Waals surface area contributed by atoms with Crippen LogP contribution in [0.2, 0.25) is 0 Å². The highest BCUT2D eigenvalue weighted by molar-refractivity contribution is 8.00. The number of ether oxygens (including phenoxy) is 1. The molecule has 2 aromatic carbocycles. The largest absolute Gasteiger partial charge is 0.497 e. The molecule has 0 aliphatic carbocycles. The summed E-state index contributed by atoms with van der Waals surface area (Å²) in [6.45, 7) is 3.61. The Morgan fingerprint density at radius 2 is 1.97 bits per heavy atom. The Hall–Kier alpha value is -3.26. The fourth-order valence-electron chi connectivity index (χ4n) is 2.93. The van der Waals surface area contributed by atoms with E-state index in [2.05, 4.69) is 10.5 Å². The van der Waals surface area contributed by atoms with E-state index >= 15 is 0 Å². The van der Waals surface area contributed by atoms with E-state index < -0.39 is 0 Å². The van der Waals surface area contributed by atoms with Gasteiger partial charge in [0.2, 0.25) is 5.91 Å². The van der Waals surface area contributed by atoms with Gasteiger partial charge in [-0.3, -0.25) is 9.36 Å². The van der Waals surface area contributed by atoms with Crippen LogP contribution in [0.4, 0.5) is 5.82 Å². The van der Waals surface area contributed by atoms with Crippen LogP contribution in [-0.4, -0.2) is 33.0 Å². The summed E-state index contributed by atoms with van der Waals surface area (Å²) in [6.07, 6.45) is 0. The number of carbonyl (C=O) groups is 1. The fourth-order valence-corrected chi connectivity index (χ4v) is 3.87. The molecular formula is C21H20N4O3S. The van der Waals surface area contributed by atoms with E-state index in [4.69, 9.17) is 14.2 Å². The molecule has 1 amide bonds. The number of anilines is 1. The van der Waals surface area contributed by atoms with Gasteiger partial charge in [0.05, 0.1) is 23.4 Å². The Balaban J connectivity index is 1.64. The van der Waals surface area contributed by atoms with E-state index in [-0.39, 0.29) is 11.2 Å². The number of aromatic nitrogens is 3. The summed E-state index contributed by atoms with van der Waals surface area (Å²) in [7, 11) is 1.64. The summed E-state index contributed by atoms with van der Waals surface area (Å²) >= 11 is 1.39. The van der Waals surface area contributed by atoms with Gasteiger partial charge >= 0.3 is 0 Å². The number of nitrogens with one attached hydrogen (secondary N) is 1. The summed E-state index contributed by atoms with van der Waals surface area (Å²) < 4.78 is 12.3. The zero-order valence-electron chi connectivity index (χ0n) is 16.2. The van der Waals surface area contributed by atoms with Crippen LogP contribution in [0.25, 0.3) is 16.7 Å². The molecule has 0 saturated heterocycles. The van der Waals surface area contributed by atoms with Crippen LogP contribution in [0.15, 0.2) is 64.3 Å². The Labute approximate surface area is 172 Å². The molecule has 0 radical (unpaired) electrons. The molecule has 0 aliphatic rings. The number of amides is 1. The highest BCUT2D eigenvalue weighted by Gasteiger charge is 2.21. The molecule has 0 fully saturated rings. The first-order valence-electron chi connectivity index (χ1n) is 9.08. The summed E-state index contributed by atoms with van der Waals surface area (Å²) in [5.41, 5.74) is 2.78. The SMILES string of the molecule is COc1ccc(-n2c(SC(C)C(=O)Nc3cc(C)on3)nc3ccccc32)cc1. The van der Waals surface area contributed by atoms with E-state index in [0.29, 0.717) is 11.6 Å². The van der Waals surface area contributed by atoms with Crippen molar-refractivity contribution in [2.45, 2.75) is 24.3 Å². The van der Waals surface area contributed by atoms with Gasteiger partial charge in [-0.2, -0.15) is 0 Å². The topological polar surface area (TPSA) is 82.2 Å². The van der Waals surface area contributed by atoms with Crippen molar-refractivity contribution in [1.29, 1.82) is 0 Å². The molecule has 0 saturated carbocycles. The van der Waals surface area contributed by atoms with Crippen LogP contribution in [0.5, 0.6) is 5.75 Å². The number of fused-ring (bicyclic) bond motifs is 1. The van der Waals surface area contributed by atoms with E-state index in [9.17, 15) is 4.79 Å². The number of rotatable bonds is 6. The van der Waals surface area contributed by atoms with Gasteiger partial charge in [-0.25, -0.2) is 4.98 Å². The summed E-state index contributed by atoms with van der Waals surface area (Å²) in [6, 6.07) is 17.3. The molecule has 0 bridgehead atoms. The molecule has 29 heavy (non-hydrogen) atoms. The monoisotopic (exact) mass is 408 g/mol. The van der Waals surface area contributed by atoms with Crippen LogP contribution in [0.3, 0.4) is 0 Å². The third-order valence-electron chi connectivity index (χ3n) is 4.39. The van der Waals surface area contributed by atoms with Gasteiger partial charge in [0.1, 0.15) is 11.5 Å². The lowest BCUT2D eigenvalue weighted by Gasteiger charge is -2.13. The predicted molar refractivity (Wildman–Crippen MR) is 113 cm³/mol. The molecule has 1 N–H and O–H groups in total. The Kier molecular flexibility index (Phi) is 5.26. The third-order valence-corrected chi connectivity index (χ3v) is 5.44. The van der Waals surface area contributed by atoms with Crippen molar-refractivity contribution in [3.05, 3.63) is 60.4 Å². The van der Waals surface area contributed by atoms with Gasteiger partial charge in [-0.05, 0) is 50.2 Å². The maximum atomic E-state index is 12.6. The van der Waals surface area contributed by atoms with Gasteiger partial charge in [0.25, 0.3) is 0 Å². The summed E-state index contributed by atoms with van der Waals surface area (Å²) in [4.78, 5) is 17.4. The molecule has 4 rings (SSSR count). The van der Waals surface area contributed by atoms with Crippen LogP contribution >= 0.6 is 11.8 Å². The number of hydrogen-bond donors (Lipinski definition) is 1. The highest BCUT2D eigenvalue weighted by Crippen LogP contribution is 2.31. The molecule has 1 atom stereocenters. The van der Waals surface area contributed by atoms with E-state index in [0.717, 1.165) is 27.6 Å². The average Bonchev–Trinajstić information content (AvgIpc) is 3.30. The molecule has 2 heterocycles. The Morgan fingerprint density at radius 3 is 2.66 bits per heavy atom. The number of carbonyl (C=O) groups excluding carboxylic acids is 1. The Morgan fingerprint density at radius 1 is 1.21 bits per heavy atom. The first kappa shape index (κ1) is 19.1. The van der Waals surface area contributed by atoms with Gasteiger partial charge in [0, 0.05) is 11.8 Å². The minimum atomic E-state index is -0.388. The quantitative estimate of drug-likeness (QED) is 0.475. The maximum absolute atomic E-state index is 12.6. The van der Waals surface area contributed by atoms with Gasteiger partial charge in [-0.15, -0.1) is 0 Å². The lowest BCUT2D eigenvalue weighted by Crippen LogP contribution is -2.23. The molecule has 1 unspecified atom stereocenters. The molecule has 2 aromatic heterocycles. The summed E-state index contributed by atoms with van der Waals surface area (Å²) in [5.74, 6) is 1.66. The minimum Gasteiger partial charge on any atom is -0.497 e. The summed E-state index contributed by atoms with van der Waals surface area (Å²) in [5, 5.41) is 6.93. The average molecular weight is 408 g/mol. The fraction of sp³-hybridized carbons (Fsp3) is 0.190. The molecule has 7 nitrogen and oxygen atoms in total. The van der Waals surface area contributed by atoms with E-state index in [1.54, 1.807) is 20.1 Å². The maximum Gasteiger partial charge on any atom is 0.238 e. The molecule has 0 spiro atoms. The number of imidazole rings is 1. The molecule has 8 heteroatoms. The van der Waals surface area contributed by atoms with Crippen molar-refractivity contribution in [3.63, 3.8) is 0 Å². The van der Waals surface area contributed by atoms with Gasteiger partial charge < -0.3 is 14.6 Å². The van der Waals surface area contributed by atoms with Crippen molar-refractivity contribution < 1.29 is 14.1 Å². The van der Waals surface area contributed by atoms with E-state index in [1.807, 2.05) is 60.0 Å². The van der Waals surface area contributed by atoms with Crippen molar-refractivity contribution in [3.8, 4) is 11.4 Å². The number of thioether (sulfide) groups is 1. The van der Waals surface area contributed by atoms with Crippen molar-refractivity contribution in [2.24, 2.45) is 0 Å². The molecule has 148 valence electrons. The van der Waals surface area contributed by atoms with Gasteiger partial charge in [-0.1, -0.05) is 29.1 Å². The van der Waals surface area contributed by atoms with E-state index in [1.165, 1.54) is 11.8 Å². The number of nitrogens with zero attached hydrogens (tertiary/aromatic N) is 3. The number of para-hydroxylation sites is 2. The van der Waals surface area contributed by atoms with Crippen molar-refractivity contribution in [2.75, 3.05) is 12.4 Å². The van der Waals surface area contributed by atoms with Crippen LogP contribution < -0.4 is 10.1 Å². The van der Waals surface area contributed by atoms with Gasteiger partial charge in [0.15, 0.2) is 11.0 Å². The number of methoxy groups -OCH3 is 1. The first-order chi connectivity index (χ1) is 14.0. The van der Waals surface area contributed by atoms with Crippen molar-refractivity contribution in [1.82, 2.24) is 14.7 Å². The lowest BCUT2D eigenvalue weighted by molar-refractivity contribution is -0.115. The zero-order chi connectivity index (χ0) is 20.4. The highest BCUT2D eigenvalue weighted by atomic mass is 32.2. The van der Waals surface area contributed by atoms with Crippen LogP contribution in [-0.2, 0) is 4.79 Å². The number of aryl methyl sites for hydroxylation is 1. The van der Waals surface area contributed by atoms with Crippen LogP contribution in [0.1, 0.15) is 12.7 Å². The number of benzene rings is 2. The number of hydrogen-bond acceptors (Lipinski definition) is 6. The second-order valence-electron chi connectivity index (χ2n) is 6.49. The van der Waals surface area contributed by atoms with Crippen molar-refractivity contribution >= 4 is 34.5 Å². The lowest BCUT2D eigenvalue weighted by atomic mass is 10.2. The second kappa shape index (κ2) is 8.00. The predicted octanol–water partition coefficient (Wildman–Crippen LogP) is 4.45. The standard InChI is InChI=1S/C21H20N4O3S/c1-13-12-19(24-28-13)23-20(26)14(2)29-21-22-17-6-4-5-7-18(17)25(21)15-8-10-16(27-3)11-9-15/h4-12,14H,1-3H3,(H,23,24,26). The third kappa shape index (κ3) is 3.97. The molecule has 4 aromatic rings. The minimum absolute atomic E-state index is 0.170. The zero-order valence-corrected chi connectivity index (χ0v) is 17.1. The smallest absolute Gasteiger partial charge is 0.238 e. The first-order valence-corrected chi connectivity index (χ1v) is 9.96. The Bertz CT molecular complexity index is 1150. The molecule has 0 aliphatic heterocycles. The normalized spacial score (nSPS) is 12.1. The second-order valence-corrected chi connectivity index (χ2v) is 7.80. The molecular weight excluding hydrogens is 388 g/mol.